The van der Waals surface area contributed by atoms with Crippen LogP contribution in [0.2, 0.25) is 0 Å². The first kappa shape index (κ1) is 13.4. The summed E-state index contributed by atoms with van der Waals surface area (Å²) in [5.74, 6) is 3.41. The Labute approximate surface area is 107 Å². The molecule has 100 valence electrons. The van der Waals surface area contributed by atoms with Crippen LogP contribution in [0.3, 0.4) is 0 Å². The number of nitrogens with two attached hydrogens (primary N) is 1. The van der Waals surface area contributed by atoms with Gasteiger partial charge in [-0.2, -0.15) is 0 Å². The first-order chi connectivity index (χ1) is 8.11. The van der Waals surface area contributed by atoms with Gasteiger partial charge in [0.15, 0.2) is 0 Å². The Morgan fingerprint density at radius 3 is 2.53 bits per heavy atom. The molecule has 1 aliphatic heterocycles. The third kappa shape index (κ3) is 3.03. The minimum atomic E-state index is 0.769. The van der Waals surface area contributed by atoms with Gasteiger partial charge in [-0.1, -0.05) is 20.3 Å². The lowest BCUT2D eigenvalue weighted by molar-refractivity contribution is 0.0590. The molecule has 0 aromatic rings. The minimum Gasteiger partial charge on any atom is -0.330 e. The molecule has 2 nitrogen and oxygen atoms in total. The molecule has 0 aromatic heterocycles. The van der Waals surface area contributed by atoms with Gasteiger partial charge in [0.2, 0.25) is 0 Å². The maximum Gasteiger partial charge on any atom is 0.00928 e. The highest BCUT2D eigenvalue weighted by molar-refractivity contribution is 4.87. The van der Waals surface area contributed by atoms with Crippen molar-refractivity contribution in [3.05, 3.63) is 0 Å². The van der Waals surface area contributed by atoms with Crippen molar-refractivity contribution < 1.29 is 0 Å². The highest BCUT2D eigenvalue weighted by Gasteiger charge is 2.33. The fraction of sp³-hybridized carbons (Fsp3) is 1.00. The zero-order chi connectivity index (χ0) is 12.4. The van der Waals surface area contributed by atoms with Gasteiger partial charge in [0.25, 0.3) is 0 Å². The Balaban J connectivity index is 1.92. The second-order valence-corrected chi connectivity index (χ2v) is 6.70. The molecule has 1 heterocycles. The molecule has 5 unspecified atom stereocenters. The first-order valence-corrected chi connectivity index (χ1v) is 7.56. The molecule has 0 aromatic carbocycles. The van der Waals surface area contributed by atoms with E-state index in [9.17, 15) is 0 Å². The molecule has 2 N–H and O–H groups in total. The van der Waals surface area contributed by atoms with Crippen LogP contribution in [0.25, 0.3) is 0 Å². The summed E-state index contributed by atoms with van der Waals surface area (Å²) in [6, 6.07) is 0.769. The lowest BCUT2D eigenvalue weighted by Gasteiger charge is -2.43. The highest BCUT2D eigenvalue weighted by Crippen LogP contribution is 2.34. The number of hydrogen-bond acceptors (Lipinski definition) is 2. The Hall–Kier alpha value is -0.0800. The number of rotatable bonds is 3. The lowest BCUT2D eigenvalue weighted by Crippen LogP contribution is -2.48. The van der Waals surface area contributed by atoms with E-state index in [-0.39, 0.29) is 0 Å². The Morgan fingerprint density at radius 1 is 1.12 bits per heavy atom. The Morgan fingerprint density at radius 2 is 1.82 bits per heavy atom. The van der Waals surface area contributed by atoms with Crippen molar-refractivity contribution in [2.75, 3.05) is 19.6 Å². The monoisotopic (exact) mass is 238 g/mol. The molecule has 1 saturated carbocycles. The lowest BCUT2D eigenvalue weighted by atomic mass is 9.84. The predicted molar refractivity (Wildman–Crippen MR) is 73.9 cm³/mol. The summed E-state index contributed by atoms with van der Waals surface area (Å²) < 4.78 is 0. The van der Waals surface area contributed by atoms with Gasteiger partial charge in [-0.15, -0.1) is 0 Å². The molecule has 0 radical (unpaired) electrons. The molecular formula is C15H30N2. The maximum atomic E-state index is 5.90. The third-order valence-corrected chi connectivity index (χ3v) is 5.31. The van der Waals surface area contributed by atoms with Gasteiger partial charge in [0.05, 0.1) is 0 Å². The third-order valence-electron chi connectivity index (χ3n) is 5.31. The van der Waals surface area contributed by atoms with Gasteiger partial charge in [-0.25, -0.2) is 0 Å². The summed E-state index contributed by atoms with van der Waals surface area (Å²) in [6.07, 6.45) is 5.59. The molecule has 2 fully saturated rings. The topological polar surface area (TPSA) is 29.3 Å². The van der Waals surface area contributed by atoms with E-state index in [1.54, 1.807) is 0 Å². The molecule has 2 heteroatoms. The number of nitrogens with zero attached hydrogens (tertiary/aromatic N) is 1. The summed E-state index contributed by atoms with van der Waals surface area (Å²) >= 11 is 0. The van der Waals surface area contributed by atoms with E-state index in [4.69, 9.17) is 5.73 Å². The van der Waals surface area contributed by atoms with Gasteiger partial charge in [-0.05, 0) is 56.4 Å². The van der Waals surface area contributed by atoms with Gasteiger partial charge in [0, 0.05) is 19.1 Å². The van der Waals surface area contributed by atoms with Gasteiger partial charge in [-0.3, -0.25) is 4.90 Å². The Kier molecular flexibility index (Phi) is 4.48. The standard InChI is InChI=1S/C15H30N2/c1-11-7-12(2)13(3)17(9-11)10-15-6-4-5-14(15)8-16/h11-15H,4-10,16H2,1-3H3. The quantitative estimate of drug-likeness (QED) is 0.819. The zero-order valence-electron chi connectivity index (χ0n) is 11.9. The molecular weight excluding hydrogens is 208 g/mol. The van der Waals surface area contributed by atoms with Crippen molar-refractivity contribution in [3.63, 3.8) is 0 Å². The van der Waals surface area contributed by atoms with Crippen molar-refractivity contribution in [2.45, 2.75) is 52.5 Å². The molecule has 5 atom stereocenters. The fourth-order valence-corrected chi connectivity index (χ4v) is 4.04. The van der Waals surface area contributed by atoms with Crippen molar-refractivity contribution in [1.82, 2.24) is 4.90 Å². The van der Waals surface area contributed by atoms with Gasteiger partial charge < -0.3 is 5.73 Å². The van der Waals surface area contributed by atoms with E-state index in [1.807, 2.05) is 0 Å². The van der Waals surface area contributed by atoms with Gasteiger partial charge >= 0.3 is 0 Å². The van der Waals surface area contributed by atoms with E-state index < -0.39 is 0 Å². The average molecular weight is 238 g/mol. The van der Waals surface area contributed by atoms with E-state index in [1.165, 1.54) is 38.8 Å². The van der Waals surface area contributed by atoms with Crippen LogP contribution in [-0.4, -0.2) is 30.6 Å². The van der Waals surface area contributed by atoms with Crippen LogP contribution in [0.4, 0.5) is 0 Å². The molecule has 17 heavy (non-hydrogen) atoms. The maximum absolute atomic E-state index is 5.90. The number of likely N-dealkylation sites (tertiary alicyclic amines) is 1. The van der Waals surface area contributed by atoms with Crippen molar-refractivity contribution >= 4 is 0 Å². The average Bonchev–Trinajstić information content (AvgIpc) is 2.72. The van der Waals surface area contributed by atoms with E-state index >= 15 is 0 Å². The van der Waals surface area contributed by atoms with Crippen molar-refractivity contribution in [3.8, 4) is 0 Å². The summed E-state index contributed by atoms with van der Waals surface area (Å²) in [7, 11) is 0. The van der Waals surface area contributed by atoms with Crippen molar-refractivity contribution in [1.29, 1.82) is 0 Å². The number of hydrogen-bond donors (Lipinski definition) is 1. The van der Waals surface area contributed by atoms with Crippen LogP contribution in [0.5, 0.6) is 0 Å². The van der Waals surface area contributed by atoms with Crippen molar-refractivity contribution in [2.24, 2.45) is 29.4 Å². The fourth-order valence-electron chi connectivity index (χ4n) is 4.04. The van der Waals surface area contributed by atoms with Crippen LogP contribution in [0, 0.1) is 23.7 Å². The highest BCUT2D eigenvalue weighted by atomic mass is 15.2. The predicted octanol–water partition coefficient (Wildman–Crippen LogP) is 2.73. The van der Waals surface area contributed by atoms with E-state index in [0.717, 1.165) is 36.3 Å². The van der Waals surface area contributed by atoms with Crippen LogP contribution in [0.15, 0.2) is 0 Å². The normalized spacial score (nSPS) is 44.1. The molecule has 2 rings (SSSR count). The summed E-state index contributed by atoms with van der Waals surface area (Å²) in [5, 5.41) is 0. The van der Waals surface area contributed by atoms with Crippen LogP contribution in [0.1, 0.15) is 46.5 Å². The minimum absolute atomic E-state index is 0.769. The summed E-state index contributed by atoms with van der Waals surface area (Å²) in [6.45, 7) is 10.8. The molecule has 1 saturated heterocycles. The summed E-state index contributed by atoms with van der Waals surface area (Å²) in [5.41, 5.74) is 5.90. The smallest absolute Gasteiger partial charge is 0.00928 e. The zero-order valence-corrected chi connectivity index (χ0v) is 11.9. The SMILES string of the molecule is CC1CC(C)C(C)N(CC2CCCC2CN)C1. The molecule has 1 aliphatic carbocycles. The van der Waals surface area contributed by atoms with Crippen LogP contribution >= 0.6 is 0 Å². The molecule has 0 spiro atoms. The van der Waals surface area contributed by atoms with Gasteiger partial charge in [0.1, 0.15) is 0 Å². The second-order valence-electron chi connectivity index (χ2n) is 6.70. The molecule has 0 bridgehead atoms. The van der Waals surface area contributed by atoms with E-state index in [2.05, 4.69) is 25.7 Å². The van der Waals surface area contributed by atoms with Crippen LogP contribution in [-0.2, 0) is 0 Å². The largest absolute Gasteiger partial charge is 0.330 e. The number of piperidine rings is 1. The molecule has 0 amide bonds. The Bertz CT molecular complexity index is 241. The second kappa shape index (κ2) is 5.71. The summed E-state index contributed by atoms with van der Waals surface area (Å²) in [4.78, 5) is 2.75. The van der Waals surface area contributed by atoms with E-state index in [0.29, 0.717) is 0 Å². The first-order valence-electron chi connectivity index (χ1n) is 7.56. The van der Waals surface area contributed by atoms with Crippen LogP contribution < -0.4 is 5.73 Å². The molecule has 2 aliphatic rings.